The van der Waals surface area contributed by atoms with E-state index in [1.165, 1.54) is 14.0 Å². The standard InChI is InChI=1S/C30H43N3O6/c1-4-5-6-7-25(35)17-26(39-20(2)34)9-8-21-13-24(30(37)27(14-21)38-3)19-33-18-23(16-29(33)36)12-22-10-11-32-28(31)15-22/h10-11,13-15,23,25-26,35,37H,4-9,12,16-19H2,1-3H3,(H2,31,32)/t23-,25-,26+/m0/s1. The molecule has 0 unspecified atom stereocenters. The van der Waals surface area contributed by atoms with Crippen molar-refractivity contribution in [2.24, 2.45) is 5.92 Å². The molecule has 3 atom stereocenters. The fourth-order valence-corrected chi connectivity index (χ4v) is 5.29. The summed E-state index contributed by atoms with van der Waals surface area (Å²) < 4.78 is 10.9. The first-order valence-corrected chi connectivity index (χ1v) is 13.9. The number of phenols is 1. The van der Waals surface area contributed by atoms with E-state index in [0.29, 0.717) is 55.8 Å². The highest BCUT2D eigenvalue weighted by Gasteiger charge is 2.30. The fourth-order valence-electron chi connectivity index (χ4n) is 5.29. The molecule has 1 saturated heterocycles. The number of aliphatic hydroxyl groups is 1. The monoisotopic (exact) mass is 541 g/mol. The molecule has 3 rings (SSSR count). The lowest BCUT2D eigenvalue weighted by Crippen LogP contribution is -2.25. The number of phenolic OH excluding ortho intramolecular Hbond substituents is 1. The van der Waals surface area contributed by atoms with E-state index in [9.17, 15) is 19.8 Å². The number of nitrogens with zero attached hydrogens (tertiary/aromatic N) is 2. The van der Waals surface area contributed by atoms with Gasteiger partial charge in [-0.2, -0.15) is 0 Å². The van der Waals surface area contributed by atoms with E-state index < -0.39 is 12.2 Å². The van der Waals surface area contributed by atoms with Crippen LogP contribution >= 0.6 is 0 Å². The Morgan fingerprint density at radius 3 is 2.72 bits per heavy atom. The molecule has 2 heterocycles. The molecule has 39 heavy (non-hydrogen) atoms. The molecule has 9 nitrogen and oxygen atoms in total. The van der Waals surface area contributed by atoms with Crippen molar-refractivity contribution in [2.75, 3.05) is 19.4 Å². The predicted molar refractivity (Wildman–Crippen MR) is 149 cm³/mol. The lowest BCUT2D eigenvalue weighted by Gasteiger charge is -2.22. The van der Waals surface area contributed by atoms with Crippen molar-refractivity contribution in [1.29, 1.82) is 0 Å². The van der Waals surface area contributed by atoms with Gasteiger partial charge in [-0.15, -0.1) is 0 Å². The number of aliphatic hydroxyl groups excluding tert-OH is 1. The smallest absolute Gasteiger partial charge is 0.302 e. The maximum Gasteiger partial charge on any atom is 0.302 e. The maximum atomic E-state index is 12.8. The summed E-state index contributed by atoms with van der Waals surface area (Å²) in [6.07, 6.45) is 7.13. The molecule has 0 radical (unpaired) electrons. The van der Waals surface area contributed by atoms with Gasteiger partial charge in [0.05, 0.1) is 13.2 Å². The summed E-state index contributed by atoms with van der Waals surface area (Å²) in [5, 5.41) is 21.3. The molecule has 1 fully saturated rings. The number of benzene rings is 1. The van der Waals surface area contributed by atoms with Crippen molar-refractivity contribution in [3.05, 3.63) is 47.2 Å². The fraction of sp³-hybridized carbons (Fsp3) is 0.567. The van der Waals surface area contributed by atoms with Gasteiger partial charge in [0, 0.05) is 44.6 Å². The third-order valence-electron chi connectivity index (χ3n) is 7.22. The number of nitrogen functional groups attached to an aromatic ring is 1. The number of carbonyl (C=O) groups is 2. The highest BCUT2D eigenvalue weighted by molar-refractivity contribution is 5.78. The molecule has 9 heteroatoms. The second-order valence-electron chi connectivity index (χ2n) is 10.6. The lowest BCUT2D eigenvalue weighted by atomic mass is 9.98. The van der Waals surface area contributed by atoms with Crippen LogP contribution in [0.1, 0.15) is 75.5 Å². The predicted octanol–water partition coefficient (Wildman–Crippen LogP) is 4.16. The van der Waals surface area contributed by atoms with Crippen molar-refractivity contribution >= 4 is 17.7 Å². The van der Waals surface area contributed by atoms with Gasteiger partial charge in [-0.3, -0.25) is 9.59 Å². The van der Waals surface area contributed by atoms with E-state index in [0.717, 1.165) is 36.8 Å². The summed E-state index contributed by atoms with van der Waals surface area (Å²) in [5.41, 5.74) is 8.35. The number of aromatic nitrogens is 1. The quantitative estimate of drug-likeness (QED) is 0.226. The first-order chi connectivity index (χ1) is 18.7. The summed E-state index contributed by atoms with van der Waals surface area (Å²) in [6, 6.07) is 7.39. The van der Waals surface area contributed by atoms with Crippen molar-refractivity contribution in [1.82, 2.24) is 9.88 Å². The summed E-state index contributed by atoms with van der Waals surface area (Å²) in [4.78, 5) is 30.3. The number of rotatable bonds is 15. The Labute approximate surface area is 231 Å². The van der Waals surface area contributed by atoms with E-state index in [1.54, 1.807) is 17.2 Å². The zero-order chi connectivity index (χ0) is 28.4. The number of likely N-dealkylation sites (tertiary alicyclic amines) is 1. The normalized spacial score (nSPS) is 16.8. The number of carbonyl (C=O) groups excluding carboxylic acids is 2. The van der Waals surface area contributed by atoms with Gasteiger partial charge in [0.25, 0.3) is 0 Å². The number of nitrogens with two attached hydrogens (primary N) is 1. The van der Waals surface area contributed by atoms with Crippen LogP contribution in [-0.2, 0) is 33.7 Å². The molecular formula is C30H43N3O6. The molecule has 4 N–H and O–H groups in total. The van der Waals surface area contributed by atoms with Crippen LogP contribution in [0, 0.1) is 5.92 Å². The van der Waals surface area contributed by atoms with Gasteiger partial charge < -0.3 is 30.3 Å². The van der Waals surface area contributed by atoms with Crippen molar-refractivity contribution in [3.63, 3.8) is 0 Å². The Hall–Kier alpha value is -3.33. The minimum atomic E-state index is -0.525. The molecule has 2 aromatic rings. The van der Waals surface area contributed by atoms with Crippen LogP contribution in [0.2, 0.25) is 0 Å². The Kier molecular flexibility index (Phi) is 11.4. The minimum Gasteiger partial charge on any atom is -0.504 e. The molecule has 1 aromatic heterocycles. The SMILES string of the molecule is CCCCC[C@H](O)C[C@@H](CCc1cc(CN2C[C@@H](Cc3ccnc(N)c3)CC2=O)c(O)c(OC)c1)OC(C)=O. The second kappa shape index (κ2) is 14.7. The van der Waals surface area contributed by atoms with E-state index in [4.69, 9.17) is 15.2 Å². The number of anilines is 1. The van der Waals surface area contributed by atoms with E-state index >= 15 is 0 Å². The summed E-state index contributed by atoms with van der Waals surface area (Å²) >= 11 is 0. The van der Waals surface area contributed by atoms with Crippen LogP contribution in [0.4, 0.5) is 5.82 Å². The molecule has 1 aliphatic heterocycles. The number of hydrogen-bond acceptors (Lipinski definition) is 8. The topological polar surface area (TPSA) is 135 Å². The largest absolute Gasteiger partial charge is 0.504 e. The van der Waals surface area contributed by atoms with Crippen molar-refractivity contribution in [2.45, 2.75) is 90.4 Å². The van der Waals surface area contributed by atoms with Crippen LogP contribution < -0.4 is 10.5 Å². The van der Waals surface area contributed by atoms with E-state index in [-0.39, 0.29) is 30.1 Å². The molecule has 214 valence electrons. The van der Waals surface area contributed by atoms with Crippen LogP contribution in [-0.4, -0.2) is 57.8 Å². The van der Waals surface area contributed by atoms with Gasteiger partial charge in [0.2, 0.25) is 5.91 Å². The number of hydrogen-bond donors (Lipinski definition) is 3. The van der Waals surface area contributed by atoms with E-state index in [2.05, 4.69) is 11.9 Å². The first kappa shape index (κ1) is 30.2. The van der Waals surface area contributed by atoms with Gasteiger partial charge in [0.15, 0.2) is 11.5 Å². The summed E-state index contributed by atoms with van der Waals surface area (Å²) in [7, 11) is 1.49. The van der Waals surface area contributed by atoms with Gasteiger partial charge in [-0.05, 0) is 60.9 Å². The molecule has 1 amide bonds. The molecule has 1 aromatic carbocycles. The Balaban J connectivity index is 1.66. The Morgan fingerprint density at radius 2 is 2.03 bits per heavy atom. The Morgan fingerprint density at radius 1 is 1.23 bits per heavy atom. The third-order valence-corrected chi connectivity index (χ3v) is 7.22. The zero-order valence-corrected chi connectivity index (χ0v) is 23.4. The average Bonchev–Trinajstić information content (AvgIpc) is 3.22. The number of unbranched alkanes of at least 4 members (excludes halogenated alkanes) is 2. The van der Waals surface area contributed by atoms with Gasteiger partial charge in [-0.1, -0.05) is 32.3 Å². The first-order valence-electron chi connectivity index (χ1n) is 13.9. The molecular weight excluding hydrogens is 498 g/mol. The van der Waals surface area contributed by atoms with Crippen LogP contribution in [0.3, 0.4) is 0 Å². The van der Waals surface area contributed by atoms with Gasteiger partial charge in [-0.25, -0.2) is 4.98 Å². The Bertz CT molecular complexity index is 1110. The number of methoxy groups -OCH3 is 1. The third kappa shape index (κ3) is 9.42. The van der Waals surface area contributed by atoms with Crippen LogP contribution in [0.5, 0.6) is 11.5 Å². The number of pyridine rings is 1. The van der Waals surface area contributed by atoms with E-state index in [1.807, 2.05) is 18.2 Å². The second-order valence-corrected chi connectivity index (χ2v) is 10.6. The van der Waals surface area contributed by atoms with Gasteiger partial charge in [0.1, 0.15) is 11.9 Å². The number of aryl methyl sites for hydroxylation is 1. The average molecular weight is 542 g/mol. The molecule has 0 bridgehead atoms. The number of ether oxygens (including phenoxy) is 2. The highest BCUT2D eigenvalue weighted by atomic mass is 16.5. The molecule has 0 saturated carbocycles. The minimum absolute atomic E-state index is 0.0160. The lowest BCUT2D eigenvalue weighted by molar-refractivity contribution is -0.148. The van der Waals surface area contributed by atoms with Gasteiger partial charge >= 0.3 is 5.97 Å². The zero-order valence-electron chi connectivity index (χ0n) is 23.4. The number of esters is 1. The maximum absolute atomic E-state index is 12.8. The molecule has 1 aliphatic rings. The van der Waals surface area contributed by atoms with Crippen LogP contribution in [0.25, 0.3) is 0 Å². The number of aromatic hydroxyl groups is 1. The van der Waals surface area contributed by atoms with Crippen LogP contribution in [0.15, 0.2) is 30.5 Å². The molecule has 0 spiro atoms. The number of amides is 1. The molecule has 0 aliphatic carbocycles. The summed E-state index contributed by atoms with van der Waals surface area (Å²) in [5.74, 6) is 0.632. The summed E-state index contributed by atoms with van der Waals surface area (Å²) in [6.45, 7) is 4.35. The van der Waals surface area contributed by atoms with Crippen molar-refractivity contribution in [3.8, 4) is 11.5 Å². The van der Waals surface area contributed by atoms with Crippen molar-refractivity contribution < 1.29 is 29.3 Å². The highest BCUT2D eigenvalue weighted by Crippen LogP contribution is 2.35.